The highest BCUT2D eigenvalue weighted by atomic mass is 15.1. The molecule has 0 aliphatic heterocycles. The molecule has 3 heteroatoms. The predicted octanol–water partition coefficient (Wildman–Crippen LogP) is 4.12. The molecule has 1 heterocycles. The summed E-state index contributed by atoms with van der Waals surface area (Å²) in [6, 6.07) is 4.49. The van der Waals surface area contributed by atoms with Gasteiger partial charge >= 0.3 is 0 Å². The summed E-state index contributed by atoms with van der Waals surface area (Å²) < 4.78 is 2.39. The average molecular weight is 287 g/mol. The van der Waals surface area contributed by atoms with E-state index in [2.05, 4.69) is 37.5 Å². The van der Waals surface area contributed by atoms with Crippen molar-refractivity contribution in [1.29, 1.82) is 0 Å². The third-order valence-corrected chi connectivity index (χ3v) is 4.30. The van der Waals surface area contributed by atoms with Crippen LogP contribution in [0.15, 0.2) is 12.1 Å². The number of hydrogen-bond donors (Lipinski definition) is 1. The van der Waals surface area contributed by atoms with Gasteiger partial charge in [-0.2, -0.15) is 0 Å². The van der Waals surface area contributed by atoms with Gasteiger partial charge in [-0.05, 0) is 50.1 Å². The molecule has 0 atom stereocenters. The van der Waals surface area contributed by atoms with E-state index in [0.717, 1.165) is 24.3 Å². The van der Waals surface area contributed by atoms with Gasteiger partial charge in [-0.1, -0.05) is 32.6 Å². The molecule has 2 rings (SSSR count). The Labute approximate surface area is 128 Å². The van der Waals surface area contributed by atoms with Gasteiger partial charge in [-0.25, -0.2) is 4.98 Å². The van der Waals surface area contributed by atoms with Crippen LogP contribution >= 0.6 is 0 Å². The fourth-order valence-corrected chi connectivity index (χ4v) is 2.87. The first-order valence-corrected chi connectivity index (χ1v) is 8.33. The van der Waals surface area contributed by atoms with Crippen molar-refractivity contribution >= 4 is 11.0 Å². The number of unbranched alkanes of at least 4 members (excludes halogenated alkanes) is 4. The van der Waals surface area contributed by atoms with E-state index in [0.29, 0.717) is 6.54 Å². The lowest BCUT2D eigenvalue weighted by Gasteiger charge is -2.09. The van der Waals surface area contributed by atoms with Crippen molar-refractivity contribution in [3.8, 4) is 0 Å². The van der Waals surface area contributed by atoms with Gasteiger partial charge in [0.25, 0.3) is 0 Å². The second kappa shape index (κ2) is 7.60. The molecule has 0 bridgehead atoms. The summed E-state index contributed by atoms with van der Waals surface area (Å²) in [6.07, 6.45) is 7.38. The molecule has 1 aromatic heterocycles. The van der Waals surface area contributed by atoms with Crippen LogP contribution in [-0.2, 0) is 13.0 Å². The maximum Gasteiger partial charge on any atom is 0.111 e. The van der Waals surface area contributed by atoms with Gasteiger partial charge in [0.1, 0.15) is 5.82 Å². The predicted molar refractivity (Wildman–Crippen MR) is 90.7 cm³/mol. The van der Waals surface area contributed by atoms with Gasteiger partial charge < -0.3 is 10.3 Å². The van der Waals surface area contributed by atoms with Gasteiger partial charge in [-0.15, -0.1) is 0 Å². The maximum absolute atomic E-state index is 5.75. The molecule has 0 saturated carbocycles. The first-order chi connectivity index (χ1) is 10.2. The number of nitrogens with zero attached hydrogens (tertiary/aromatic N) is 2. The van der Waals surface area contributed by atoms with Crippen molar-refractivity contribution < 1.29 is 0 Å². The van der Waals surface area contributed by atoms with Crippen molar-refractivity contribution in [2.45, 2.75) is 65.8 Å². The normalized spacial score (nSPS) is 11.4. The van der Waals surface area contributed by atoms with E-state index in [9.17, 15) is 0 Å². The molecule has 0 amide bonds. The number of aryl methyl sites for hydroxylation is 3. The molecule has 2 aromatic rings. The summed E-state index contributed by atoms with van der Waals surface area (Å²) in [5.74, 6) is 1.15. The zero-order chi connectivity index (χ0) is 15.2. The summed E-state index contributed by atoms with van der Waals surface area (Å²) >= 11 is 0. The van der Waals surface area contributed by atoms with E-state index in [-0.39, 0.29) is 0 Å². The molecule has 0 aliphatic rings. The van der Waals surface area contributed by atoms with E-state index in [1.54, 1.807) is 0 Å². The highest BCUT2D eigenvalue weighted by molar-refractivity contribution is 5.78. The molecular weight excluding hydrogens is 258 g/mol. The number of aromatic nitrogens is 2. The first kappa shape index (κ1) is 16.0. The number of hydrogen-bond acceptors (Lipinski definition) is 2. The topological polar surface area (TPSA) is 43.8 Å². The van der Waals surface area contributed by atoms with Crippen LogP contribution in [0.5, 0.6) is 0 Å². The molecule has 21 heavy (non-hydrogen) atoms. The van der Waals surface area contributed by atoms with Gasteiger partial charge in [-0.3, -0.25) is 0 Å². The van der Waals surface area contributed by atoms with Crippen molar-refractivity contribution in [2.24, 2.45) is 5.73 Å². The van der Waals surface area contributed by atoms with Gasteiger partial charge in [0.05, 0.1) is 11.0 Å². The van der Waals surface area contributed by atoms with Crippen molar-refractivity contribution in [3.63, 3.8) is 0 Å². The summed E-state index contributed by atoms with van der Waals surface area (Å²) in [5.41, 5.74) is 10.8. The van der Waals surface area contributed by atoms with E-state index >= 15 is 0 Å². The van der Waals surface area contributed by atoms with Gasteiger partial charge in [0.15, 0.2) is 0 Å². The van der Waals surface area contributed by atoms with Crippen molar-refractivity contribution in [1.82, 2.24) is 9.55 Å². The van der Waals surface area contributed by atoms with Crippen LogP contribution in [0.4, 0.5) is 0 Å². The Morgan fingerprint density at radius 3 is 2.48 bits per heavy atom. The first-order valence-electron chi connectivity index (χ1n) is 8.33. The number of benzene rings is 1. The minimum absolute atomic E-state index is 0.664. The number of nitrogens with two attached hydrogens (primary N) is 1. The third-order valence-electron chi connectivity index (χ3n) is 4.30. The van der Waals surface area contributed by atoms with Gasteiger partial charge in [0, 0.05) is 13.0 Å². The molecular formula is C18H29N3. The van der Waals surface area contributed by atoms with E-state index in [4.69, 9.17) is 10.7 Å². The SMILES string of the molecule is CCCCCCCn1c(CCN)nc2cc(C)c(C)cc21. The molecule has 0 aliphatic carbocycles. The molecule has 1 aromatic carbocycles. The quantitative estimate of drug-likeness (QED) is 0.742. The highest BCUT2D eigenvalue weighted by Crippen LogP contribution is 2.22. The van der Waals surface area contributed by atoms with Crippen LogP contribution in [0.3, 0.4) is 0 Å². The molecule has 0 unspecified atom stereocenters. The standard InChI is InChI=1S/C18H29N3/c1-4-5-6-7-8-11-21-17-13-15(3)14(2)12-16(17)20-18(21)9-10-19/h12-13H,4-11,19H2,1-3H3. The number of rotatable bonds is 8. The average Bonchev–Trinajstić information content (AvgIpc) is 2.77. The zero-order valence-electron chi connectivity index (χ0n) is 13.8. The molecule has 116 valence electrons. The van der Waals surface area contributed by atoms with Crippen LogP contribution < -0.4 is 5.73 Å². The zero-order valence-corrected chi connectivity index (χ0v) is 13.8. The molecule has 0 spiro atoms. The summed E-state index contributed by atoms with van der Waals surface area (Å²) in [4.78, 5) is 4.80. The summed E-state index contributed by atoms with van der Waals surface area (Å²) in [5, 5.41) is 0. The number of fused-ring (bicyclic) bond motifs is 1. The van der Waals surface area contributed by atoms with E-state index in [1.807, 2.05) is 0 Å². The minimum atomic E-state index is 0.664. The monoisotopic (exact) mass is 287 g/mol. The fraction of sp³-hybridized carbons (Fsp3) is 0.611. The van der Waals surface area contributed by atoms with Crippen LogP contribution in [0.25, 0.3) is 11.0 Å². The highest BCUT2D eigenvalue weighted by Gasteiger charge is 2.11. The maximum atomic E-state index is 5.75. The summed E-state index contributed by atoms with van der Waals surface area (Å²) in [6.45, 7) is 8.32. The molecule has 0 radical (unpaired) electrons. The third kappa shape index (κ3) is 3.85. The molecule has 0 saturated heterocycles. The Kier molecular flexibility index (Phi) is 5.80. The van der Waals surface area contributed by atoms with E-state index in [1.165, 1.54) is 48.7 Å². The minimum Gasteiger partial charge on any atom is -0.330 e. The lowest BCUT2D eigenvalue weighted by Crippen LogP contribution is -2.10. The smallest absolute Gasteiger partial charge is 0.111 e. The summed E-state index contributed by atoms with van der Waals surface area (Å²) in [7, 11) is 0. The lowest BCUT2D eigenvalue weighted by atomic mass is 10.1. The van der Waals surface area contributed by atoms with Crippen molar-refractivity contribution in [3.05, 3.63) is 29.1 Å². The van der Waals surface area contributed by atoms with Crippen LogP contribution in [-0.4, -0.2) is 16.1 Å². The lowest BCUT2D eigenvalue weighted by molar-refractivity contribution is 0.562. The van der Waals surface area contributed by atoms with Gasteiger partial charge in [0.2, 0.25) is 0 Å². The Balaban J connectivity index is 2.21. The van der Waals surface area contributed by atoms with E-state index < -0.39 is 0 Å². The largest absolute Gasteiger partial charge is 0.330 e. The molecule has 3 nitrogen and oxygen atoms in total. The molecule has 2 N–H and O–H groups in total. The van der Waals surface area contributed by atoms with Crippen LogP contribution in [0.1, 0.15) is 56.0 Å². The Bertz CT molecular complexity index is 584. The van der Waals surface area contributed by atoms with Crippen LogP contribution in [0.2, 0.25) is 0 Å². The molecule has 0 fully saturated rings. The Morgan fingerprint density at radius 2 is 1.76 bits per heavy atom. The fourth-order valence-electron chi connectivity index (χ4n) is 2.87. The van der Waals surface area contributed by atoms with Crippen LogP contribution in [0, 0.1) is 13.8 Å². The Morgan fingerprint density at radius 1 is 1.05 bits per heavy atom. The number of imidazole rings is 1. The Hall–Kier alpha value is -1.35. The second-order valence-electron chi connectivity index (χ2n) is 6.06. The van der Waals surface area contributed by atoms with Crippen molar-refractivity contribution in [2.75, 3.05) is 6.54 Å². The second-order valence-corrected chi connectivity index (χ2v) is 6.06.